The first-order chi connectivity index (χ1) is 7.50. The Kier molecular flexibility index (Phi) is 2.80. The zero-order valence-corrected chi connectivity index (χ0v) is 10.9. The maximum absolute atomic E-state index is 4.47. The molecule has 16 heavy (non-hydrogen) atoms. The van der Waals surface area contributed by atoms with Gasteiger partial charge in [0.05, 0.1) is 5.69 Å². The first-order valence-electron chi connectivity index (χ1n) is 5.33. The first-order valence-corrected chi connectivity index (χ1v) is 5.77. The minimum atomic E-state index is 1.01. The Labute approximate surface area is 102 Å². The lowest BCUT2D eigenvalue weighted by Crippen LogP contribution is -1.89. The van der Waals surface area contributed by atoms with Crippen molar-refractivity contribution < 1.29 is 0 Å². The van der Waals surface area contributed by atoms with Crippen LogP contribution in [0.2, 0.25) is 0 Å². The lowest BCUT2D eigenvalue weighted by atomic mass is 10.0. The highest BCUT2D eigenvalue weighted by atomic mass is 32.1. The highest BCUT2D eigenvalue weighted by Gasteiger charge is 2.11. The summed E-state index contributed by atoms with van der Waals surface area (Å²) in [5.74, 6) is 0. The molecule has 0 radical (unpaired) electrons. The Morgan fingerprint density at radius 2 is 1.75 bits per heavy atom. The molecule has 0 spiro atoms. The van der Waals surface area contributed by atoms with E-state index in [0.29, 0.717) is 0 Å². The van der Waals surface area contributed by atoms with E-state index in [2.05, 4.69) is 55.7 Å². The molecule has 1 aromatic carbocycles. The third-order valence-corrected chi connectivity index (χ3v) is 3.53. The summed E-state index contributed by atoms with van der Waals surface area (Å²) in [6.07, 6.45) is 0. The molecule has 0 aliphatic heterocycles. The van der Waals surface area contributed by atoms with Crippen molar-refractivity contribution in [1.29, 1.82) is 0 Å². The van der Waals surface area contributed by atoms with Crippen LogP contribution >= 0.6 is 12.6 Å². The standard InChI is InChI=1S/C13H16N2S/c1-7-5-8(2)12(16)6-11(7)13-9(3)10(4)14-15-13/h5-6,16H,1-4H3,(H,14,15). The molecule has 2 aromatic rings. The molecule has 0 aliphatic rings. The highest BCUT2D eigenvalue weighted by molar-refractivity contribution is 7.80. The Balaban J connectivity index is 2.65. The number of thiol groups is 1. The van der Waals surface area contributed by atoms with Crippen molar-refractivity contribution >= 4 is 12.6 Å². The van der Waals surface area contributed by atoms with Gasteiger partial charge in [0.2, 0.25) is 0 Å². The van der Waals surface area contributed by atoms with Gasteiger partial charge in [-0.3, -0.25) is 5.10 Å². The summed E-state index contributed by atoms with van der Waals surface area (Å²) < 4.78 is 0. The van der Waals surface area contributed by atoms with Crippen LogP contribution in [0.1, 0.15) is 22.4 Å². The third-order valence-electron chi connectivity index (χ3n) is 3.05. The molecular weight excluding hydrogens is 216 g/mol. The van der Waals surface area contributed by atoms with Crippen LogP contribution in [0.5, 0.6) is 0 Å². The van der Waals surface area contributed by atoms with Gasteiger partial charge in [0.15, 0.2) is 0 Å². The fourth-order valence-electron chi connectivity index (χ4n) is 1.84. The van der Waals surface area contributed by atoms with Gasteiger partial charge in [0.1, 0.15) is 0 Å². The topological polar surface area (TPSA) is 28.7 Å². The van der Waals surface area contributed by atoms with Crippen molar-refractivity contribution in [2.24, 2.45) is 0 Å². The van der Waals surface area contributed by atoms with E-state index < -0.39 is 0 Å². The molecule has 0 bridgehead atoms. The number of hydrogen-bond acceptors (Lipinski definition) is 2. The van der Waals surface area contributed by atoms with Crippen molar-refractivity contribution in [2.75, 3.05) is 0 Å². The lowest BCUT2D eigenvalue weighted by Gasteiger charge is -2.08. The summed E-state index contributed by atoms with van der Waals surface area (Å²) in [4.78, 5) is 1.01. The van der Waals surface area contributed by atoms with E-state index in [9.17, 15) is 0 Å². The maximum Gasteiger partial charge on any atom is 0.0955 e. The molecule has 3 heteroatoms. The zero-order valence-electron chi connectivity index (χ0n) is 10.0. The molecule has 0 fully saturated rings. The molecular formula is C13H16N2S. The summed E-state index contributed by atoms with van der Waals surface area (Å²) in [7, 11) is 0. The molecule has 84 valence electrons. The van der Waals surface area contributed by atoms with Crippen LogP contribution in [0.3, 0.4) is 0 Å². The fraction of sp³-hybridized carbons (Fsp3) is 0.308. The van der Waals surface area contributed by atoms with E-state index in [0.717, 1.165) is 21.8 Å². The van der Waals surface area contributed by atoms with Crippen LogP contribution in [0.25, 0.3) is 11.3 Å². The second kappa shape index (κ2) is 3.98. The van der Waals surface area contributed by atoms with Gasteiger partial charge in [-0.1, -0.05) is 6.07 Å². The number of aromatic amines is 1. The van der Waals surface area contributed by atoms with Gasteiger partial charge in [-0.2, -0.15) is 5.10 Å². The summed E-state index contributed by atoms with van der Waals surface area (Å²) in [5, 5.41) is 7.38. The van der Waals surface area contributed by atoms with Crippen molar-refractivity contribution in [2.45, 2.75) is 32.6 Å². The van der Waals surface area contributed by atoms with Gasteiger partial charge in [0.25, 0.3) is 0 Å². The Morgan fingerprint density at radius 1 is 1.06 bits per heavy atom. The molecule has 1 aromatic heterocycles. The summed E-state index contributed by atoms with van der Waals surface area (Å²) >= 11 is 4.47. The SMILES string of the molecule is Cc1cc(C)c(-c2n[nH]c(C)c2C)cc1S. The Hall–Kier alpha value is -1.22. The van der Waals surface area contributed by atoms with Gasteiger partial charge in [0, 0.05) is 16.2 Å². The molecule has 0 aliphatic carbocycles. The second-order valence-electron chi connectivity index (χ2n) is 4.28. The van der Waals surface area contributed by atoms with E-state index in [4.69, 9.17) is 0 Å². The predicted molar refractivity (Wildman–Crippen MR) is 70.2 cm³/mol. The van der Waals surface area contributed by atoms with E-state index in [1.807, 2.05) is 6.92 Å². The molecule has 1 N–H and O–H groups in total. The van der Waals surface area contributed by atoms with Crippen molar-refractivity contribution in [3.63, 3.8) is 0 Å². The molecule has 2 rings (SSSR count). The number of rotatable bonds is 1. The Bertz CT molecular complexity index is 541. The first kappa shape index (κ1) is 11.3. The number of aryl methyl sites for hydroxylation is 3. The number of nitrogens with one attached hydrogen (secondary N) is 1. The van der Waals surface area contributed by atoms with Gasteiger partial charge < -0.3 is 0 Å². The Morgan fingerprint density at radius 3 is 2.31 bits per heavy atom. The molecule has 2 nitrogen and oxygen atoms in total. The molecule has 0 amide bonds. The number of benzene rings is 1. The van der Waals surface area contributed by atoms with Crippen LogP contribution in [-0.2, 0) is 0 Å². The number of hydrogen-bond donors (Lipinski definition) is 2. The van der Waals surface area contributed by atoms with Crippen molar-refractivity contribution in [3.8, 4) is 11.3 Å². The predicted octanol–water partition coefficient (Wildman–Crippen LogP) is 3.60. The molecule has 1 heterocycles. The average molecular weight is 232 g/mol. The van der Waals surface area contributed by atoms with E-state index in [-0.39, 0.29) is 0 Å². The van der Waals surface area contributed by atoms with Crippen LogP contribution in [-0.4, -0.2) is 10.2 Å². The largest absolute Gasteiger partial charge is 0.282 e. The van der Waals surface area contributed by atoms with Gasteiger partial charge >= 0.3 is 0 Å². The van der Waals surface area contributed by atoms with Crippen LogP contribution < -0.4 is 0 Å². The number of H-pyrrole nitrogens is 1. The number of aromatic nitrogens is 2. The lowest BCUT2D eigenvalue weighted by molar-refractivity contribution is 1.05. The molecule has 0 unspecified atom stereocenters. The monoisotopic (exact) mass is 232 g/mol. The smallest absolute Gasteiger partial charge is 0.0955 e. The summed E-state index contributed by atoms with van der Waals surface area (Å²) in [6, 6.07) is 4.25. The van der Waals surface area contributed by atoms with Crippen LogP contribution in [0, 0.1) is 27.7 Å². The van der Waals surface area contributed by atoms with Crippen molar-refractivity contribution in [3.05, 3.63) is 34.5 Å². The van der Waals surface area contributed by atoms with E-state index in [1.54, 1.807) is 0 Å². The van der Waals surface area contributed by atoms with Crippen LogP contribution in [0.15, 0.2) is 17.0 Å². The molecule has 0 saturated carbocycles. The summed E-state index contributed by atoms with van der Waals surface area (Å²) in [6.45, 7) is 8.31. The average Bonchev–Trinajstić information content (AvgIpc) is 2.54. The third kappa shape index (κ3) is 1.76. The van der Waals surface area contributed by atoms with Gasteiger partial charge in [-0.15, -0.1) is 12.6 Å². The molecule has 0 saturated heterocycles. The van der Waals surface area contributed by atoms with Gasteiger partial charge in [-0.25, -0.2) is 0 Å². The van der Waals surface area contributed by atoms with Gasteiger partial charge in [-0.05, 0) is 50.5 Å². The van der Waals surface area contributed by atoms with E-state index >= 15 is 0 Å². The normalized spacial score (nSPS) is 10.8. The fourth-order valence-corrected chi connectivity index (χ4v) is 2.04. The quantitative estimate of drug-likeness (QED) is 0.723. The second-order valence-corrected chi connectivity index (χ2v) is 4.76. The minimum absolute atomic E-state index is 1.01. The van der Waals surface area contributed by atoms with E-state index in [1.165, 1.54) is 16.7 Å². The zero-order chi connectivity index (χ0) is 11.9. The summed E-state index contributed by atoms with van der Waals surface area (Å²) in [5.41, 5.74) is 6.97. The number of nitrogens with zero attached hydrogens (tertiary/aromatic N) is 1. The highest BCUT2D eigenvalue weighted by Crippen LogP contribution is 2.29. The maximum atomic E-state index is 4.47. The van der Waals surface area contributed by atoms with Crippen molar-refractivity contribution in [1.82, 2.24) is 10.2 Å². The van der Waals surface area contributed by atoms with Crippen LogP contribution in [0.4, 0.5) is 0 Å². The minimum Gasteiger partial charge on any atom is -0.282 e. The molecule has 0 atom stereocenters.